The number of aliphatic carboxylic acids is 1. The van der Waals surface area contributed by atoms with Gasteiger partial charge in [-0.15, -0.1) is 13.2 Å². The zero-order chi connectivity index (χ0) is 14.9. The van der Waals surface area contributed by atoms with Crippen molar-refractivity contribution in [3.63, 3.8) is 0 Å². The summed E-state index contributed by atoms with van der Waals surface area (Å²) >= 11 is 0. The predicted molar refractivity (Wildman–Crippen MR) is 61.2 cm³/mol. The Morgan fingerprint density at radius 2 is 2.10 bits per heavy atom. The number of anilines is 1. The minimum atomic E-state index is -4.82. The topological polar surface area (TPSA) is 66.8 Å². The van der Waals surface area contributed by atoms with Gasteiger partial charge in [0.2, 0.25) is 5.91 Å². The number of hydrogen-bond donors (Lipinski definition) is 1. The van der Waals surface area contributed by atoms with E-state index in [1.54, 1.807) is 0 Å². The van der Waals surface area contributed by atoms with Gasteiger partial charge in [0.05, 0.1) is 5.92 Å². The van der Waals surface area contributed by atoms with Crippen LogP contribution in [0.3, 0.4) is 0 Å². The van der Waals surface area contributed by atoms with E-state index in [0.29, 0.717) is 0 Å². The molecule has 1 fully saturated rings. The molecule has 1 amide bonds. The fourth-order valence-corrected chi connectivity index (χ4v) is 1.97. The summed E-state index contributed by atoms with van der Waals surface area (Å²) in [5.41, 5.74) is 0.181. The van der Waals surface area contributed by atoms with E-state index < -0.39 is 29.9 Å². The molecule has 0 bridgehead atoms. The van der Waals surface area contributed by atoms with E-state index in [1.807, 2.05) is 0 Å². The van der Waals surface area contributed by atoms with Crippen molar-refractivity contribution in [3.8, 4) is 5.75 Å². The van der Waals surface area contributed by atoms with E-state index >= 15 is 0 Å². The maximum absolute atomic E-state index is 12.1. The number of nitrogens with zero attached hydrogens (tertiary/aromatic N) is 1. The standard InChI is InChI=1S/C12H10F3NO4/c13-12(14,15)20-9-3-1-2-8(5-9)16-6-7(11(18)19)4-10(16)17/h1-3,5,7H,4,6H2,(H,18,19)/t7-/m0/s1. The summed E-state index contributed by atoms with van der Waals surface area (Å²) in [5.74, 6) is -2.86. The monoisotopic (exact) mass is 289 g/mol. The number of halogens is 3. The molecule has 1 heterocycles. The number of benzene rings is 1. The summed E-state index contributed by atoms with van der Waals surface area (Å²) in [7, 11) is 0. The number of carboxylic acid groups (broad SMARTS) is 1. The van der Waals surface area contributed by atoms with E-state index in [4.69, 9.17) is 5.11 Å². The lowest BCUT2D eigenvalue weighted by molar-refractivity contribution is -0.274. The van der Waals surface area contributed by atoms with Crippen molar-refractivity contribution in [2.75, 3.05) is 11.4 Å². The number of ether oxygens (including phenoxy) is 1. The maximum atomic E-state index is 12.1. The van der Waals surface area contributed by atoms with Gasteiger partial charge in [-0.25, -0.2) is 0 Å². The van der Waals surface area contributed by atoms with Gasteiger partial charge >= 0.3 is 12.3 Å². The Bertz CT molecular complexity index is 544. The van der Waals surface area contributed by atoms with Crippen molar-refractivity contribution in [1.29, 1.82) is 0 Å². The molecule has 2 rings (SSSR count). The lowest BCUT2D eigenvalue weighted by Gasteiger charge is -2.17. The smallest absolute Gasteiger partial charge is 0.481 e. The van der Waals surface area contributed by atoms with E-state index in [1.165, 1.54) is 12.1 Å². The molecule has 1 atom stereocenters. The molecule has 5 nitrogen and oxygen atoms in total. The van der Waals surface area contributed by atoms with Gasteiger partial charge in [0.25, 0.3) is 0 Å². The lowest BCUT2D eigenvalue weighted by Crippen LogP contribution is -2.26. The summed E-state index contributed by atoms with van der Waals surface area (Å²) in [6.45, 7) is -0.0658. The van der Waals surface area contributed by atoms with Crippen molar-refractivity contribution in [2.24, 2.45) is 5.92 Å². The Balaban J connectivity index is 2.19. The first-order chi connectivity index (χ1) is 9.26. The molecule has 8 heteroatoms. The van der Waals surface area contributed by atoms with Crippen molar-refractivity contribution in [1.82, 2.24) is 0 Å². The van der Waals surface area contributed by atoms with Gasteiger partial charge in [-0.3, -0.25) is 9.59 Å². The van der Waals surface area contributed by atoms with Gasteiger partial charge in [-0.2, -0.15) is 0 Å². The van der Waals surface area contributed by atoms with Crippen LogP contribution in [0.4, 0.5) is 18.9 Å². The van der Waals surface area contributed by atoms with E-state index in [9.17, 15) is 22.8 Å². The van der Waals surface area contributed by atoms with Gasteiger partial charge in [-0.05, 0) is 12.1 Å². The number of amides is 1. The molecule has 1 aromatic carbocycles. The zero-order valence-corrected chi connectivity index (χ0v) is 10.1. The third kappa shape index (κ3) is 3.19. The molecule has 0 saturated carbocycles. The van der Waals surface area contributed by atoms with Gasteiger partial charge in [-0.1, -0.05) is 6.07 Å². The number of carbonyl (C=O) groups is 2. The highest BCUT2D eigenvalue weighted by Gasteiger charge is 2.36. The van der Waals surface area contributed by atoms with Crippen LogP contribution < -0.4 is 9.64 Å². The molecular weight excluding hydrogens is 279 g/mol. The molecule has 20 heavy (non-hydrogen) atoms. The molecule has 1 aliphatic heterocycles. The summed E-state index contributed by atoms with van der Waals surface area (Å²) in [5, 5.41) is 8.85. The summed E-state index contributed by atoms with van der Waals surface area (Å²) in [4.78, 5) is 23.7. The highest BCUT2D eigenvalue weighted by Crippen LogP contribution is 2.30. The third-order valence-electron chi connectivity index (χ3n) is 2.84. The molecule has 108 valence electrons. The molecule has 1 aromatic rings. The first-order valence-corrected chi connectivity index (χ1v) is 5.65. The Labute approximate surface area is 111 Å². The summed E-state index contributed by atoms with van der Waals surface area (Å²) in [6.07, 6.45) is -4.99. The first kappa shape index (κ1) is 14.2. The minimum Gasteiger partial charge on any atom is -0.481 e. The number of carboxylic acids is 1. The number of hydrogen-bond acceptors (Lipinski definition) is 3. The Kier molecular flexibility index (Phi) is 3.56. The van der Waals surface area contributed by atoms with Crippen molar-refractivity contribution < 1.29 is 32.6 Å². The molecule has 1 N–H and O–H groups in total. The van der Waals surface area contributed by atoms with Gasteiger partial charge in [0, 0.05) is 24.7 Å². The van der Waals surface area contributed by atoms with Crippen LogP contribution in [-0.2, 0) is 9.59 Å². The second-order valence-corrected chi connectivity index (χ2v) is 4.29. The highest BCUT2D eigenvalue weighted by atomic mass is 19.4. The molecule has 1 saturated heterocycles. The molecule has 0 aromatic heterocycles. The second kappa shape index (κ2) is 5.03. The lowest BCUT2D eigenvalue weighted by atomic mass is 10.1. The number of carbonyl (C=O) groups excluding carboxylic acids is 1. The maximum Gasteiger partial charge on any atom is 0.573 e. The van der Waals surface area contributed by atoms with Crippen LogP contribution in [-0.4, -0.2) is 29.9 Å². The summed E-state index contributed by atoms with van der Waals surface area (Å²) < 4.78 is 40.1. The second-order valence-electron chi connectivity index (χ2n) is 4.29. The minimum absolute atomic E-state index is 0.0658. The van der Waals surface area contributed by atoms with Crippen molar-refractivity contribution in [2.45, 2.75) is 12.8 Å². The molecule has 1 aliphatic rings. The number of alkyl halides is 3. The third-order valence-corrected chi connectivity index (χ3v) is 2.84. The molecule has 0 unspecified atom stereocenters. The fourth-order valence-electron chi connectivity index (χ4n) is 1.97. The van der Waals surface area contributed by atoms with E-state index in [0.717, 1.165) is 17.0 Å². The largest absolute Gasteiger partial charge is 0.573 e. The van der Waals surface area contributed by atoms with Crippen LogP contribution in [0, 0.1) is 5.92 Å². The van der Waals surface area contributed by atoms with E-state index in [2.05, 4.69) is 4.74 Å². The average Bonchev–Trinajstić information content (AvgIpc) is 2.69. The quantitative estimate of drug-likeness (QED) is 0.924. The van der Waals surface area contributed by atoms with Crippen LogP contribution in [0.5, 0.6) is 5.75 Å². The molecular formula is C12H10F3NO4. The Morgan fingerprint density at radius 3 is 2.65 bits per heavy atom. The van der Waals surface area contributed by atoms with Crippen molar-refractivity contribution in [3.05, 3.63) is 24.3 Å². The molecule has 0 spiro atoms. The Hall–Kier alpha value is -2.25. The van der Waals surface area contributed by atoms with Gasteiger partial charge in [0.15, 0.2) is 0 Å². The van der Waals surface area contributed by atoms with Gasteiger partial charge < -0.3 is 14.7 Å². The van der Waals surface area contributed by atoms with Crippen LogP contribution in [0.15, 0.2) is 24.3 Å². The van der Waals surface area contributed by atoms with Crippen molar-refractivity contribution >= 4 is 17.6 Å². The van der Waals surface area contributed by atoms with Crippen LogP contribution in [0.25, 0.3) is 0 Å². The average molecular weight is 289 g/mol. The number of rotatable bonds is 3. The van der Waals surface area contributed by atoms with E-state index in [-0.39, 0.29) is 18.7 Å². The first-order valence-electron chi connectivity index (χ1n) is 5.65. The van der Waals surface area contributed by atoms with Gasteiger partial charge in [0.1, 0.15) is 5.75 Å². The summed E-state index contributed by atoms with van der Waals surface area (Å²) in [6, 6.07) is 4.88. The predicted octanol–water partition coefficient (Wildman–Crippen LogP) is 2.02. The zero-order valence-electron chi connectivity index (χ0n) is 10.1. The SMILES string of the molecule is O=C(O)[C@H]1CC(=O)N(c2cccc(OC(F)(F)F)c2)C1. The molecule has 0 radical (unpaired) electrons. The Morgan fingerprint density at radius 1 is 1.40 bits per heavy atom. The fraction of sp³-hybridized carbons (Fsp3) is 0.333. The molecule has 0 aliphatic carbocycles. The normalized spacial score (nSPS) is 19.2. The van der Waals surface area contributed by atoms with Crippen LogP contribution >= 0.6 is 0 Å². The highest BCUT2D eigenvalue weighted by molar-refractivity contribution is 5.99. The van der Waals surface area contributed by atoms with Crippen LogP contribution in [0.1, 0.15) is 6.42 Å². The van der Waals surface area contributed by atoms with Crippen LogP contribution in [0.2, 0.25) is 0 Å².